The lowest BCUT2D eigenvalue weighted by Crippen LogP contribution is -2.43. The second-order valence-corrected chi connectivity index (χ2v) is 19.9. The quantitative estimate of drug-likeness (QED) is 0.117. The van der Waals surface area contributed by atoms with Gasteiger partial charge in [-0.3, -0.25) is 4.55 Å². The van der Waals surface area contributed by atoms with Crippen LogP contribution in [-0.4, -0.2) is 68.2 Å². The number of ether oxygens (including phenoxy) is 3. The number of hydrogen-bond acceptors (Lipinski definition) is 9. The van der Waals surface area contributed by atoms with E-state index in [9.17, 15) is 8.42 Å². The Balaban J connectivity index is 1.43. The average molecular weight is 640 g/mol. The normalized spacial score (nSPS) is 17.5. The van der Waals surface area contributed by atoms with Crippen molar-refractivity contribution >= 4 is 40.7 Å². The van der Waals surface area contributed by atoms with E-state index in [0.29, 0.717) is 32.8 Å². The van der Waals surface area contributed by atoms with Gasteiger partial charge in [-0.05, 0) is 67.9 Å². The van der Waals surface area contributed by atoms with Crippen LogP contribution in [0.4, 0.5) is 0 Å². The average Bonchev–Trinajstić information content (AvgIpc) is 3.51. The topological polar surface area (TPSA) is 122 Å². The van der Waals surface area contributed by atoms with Gasteiger partial charge in [0.1, 0.15) is 16.5 Å². The van der Waals surface area contributed by atoms with Gasteiger partial charge in [-0.25, -0.2) is 9.67 Å². The summed E-state index contributed by atoms with van der Waals surface area (Å²) in [4.78, 5) is 5.55. The summed E-state index contributed by atoms with van der Waals surface area (Å²) in [5.74, 6) is 0.430. The molecule has 1 N–H and O–H groups in total. The highest BCUT2D eigenvalue weighted by molar-refractivity contribution is 7.85. The molecule has 0 radical (unpaired) electrons. The Labute approximate surface area is 254 Å². The largest absolute Gasteiger partial charge is 0.543 e. The van der Waals surface area contributed by atoms with Crippen molar-refractivity contribution in [2.24, 2.45) is 5.92 Å². The zero-order chi connectivity index (χ0) is 30.5. The smallest absolute Gasteiger partial charge is 0.265 e. The number of fused-ring (bicyclic) bond motifs is 1. The van der Waals surface area contributed by atoms with Gasteiger partial charge in [0.05, 0.1) is 36.0 Å². The van der Waals surface area contributed by atoms with Crippen molar-refractivity contribution in [1.29, 1.82) is 0 Å². The molecule has 0 bridgehead atoms. The van der Waals surface area contributed by atoms with E-state index in [1.54, 1.807) is 18.3 Å². The van der Waals surface area contributed by atoms with Crippen molar-refractivity contribution in [3.63, 3.8) is 0 Å². The predicted octanol–water partition coefficient (Wildman–Crippen LogP) is 6.69. The molecule has 1 fully saturated rings. The molecule has 1 aliphatic heterocycles. The van der Waals surface area contributed by atoms with Gasteiger partial charge >= 0.3 is 0 Å². The van der Waals surface area contributed by atoms with E-state index >= 15 is 0 Å². The van der Waals surface area contributed by atoms with Crippen LogP contribution in [0.1, 0.15) is 64.6 Å². The van der Waals surface area contributed by atoms with Crippen LogP contribution in [0, 0.1) is 5.92 Å². The fraction of sp³-hybridized carbons (Fsp3) is 0.655. The van der Waals surface area contributed by atoms with Crippen molar-refractivity contribution in [3.05, 3.63) is 29.4 Å². The van der Waals surface area contributed by atoms with Gasteiger partial charge in [0.2, 0.25) is 8.32 Å². The first-order valence-electron chi connectivity index (χ1n) is 14.6. The molecule has 2 atom stereocenters. The molecule has 0 spiro atoms. The molecule has 1 saturated heterocycles. The van der Waals surface area contributed by atoms with Crippen molar-refractivity contribution in [2.45, 2.75) is 84.3 Å². The second-order valence-electron chi connectivity index (χ2n) is 12.6. The molecule has 1 aliphatic rings. The van der Waals surface area contributed by atoms with Gasteiger partial charge < -0.3 is 18.6 Å². The van der Waals surface area contributed by atoms with Crippen LogP contribution in [0.25, 0.3) is 21.5 Å². The zero-order valence-corrected chi connectivity index (χ0v) is 28.2. The predicted molar refractivity (Wildman–Crippen MR) is 168 cm³/mol. The molecule has 4 rings (SSSR count). The number of benzene rings is 1. The van der Waals surface area contributed by atoms with E-state index in [-0.39, 0.29) is 22.9 Å². The number of thiazole rings is 1. The lowest BCUT2D eigenvalue weighted by Gasteiger charge is -2.36. The molecule has 0 aliphatic carbocycles. The van der Waals surface area contributed by atoms with Gasteiger partial charge in [0.25, 0.3) is 10.1 Å². The molecule has 234 valence electrons. The fourth-order valence-electron chi connectivity index (χ4n) is 4.54. The number of aromatic nitrogens is 3. The Morgan fingerprint density at radius 3 is 2.64 bits per heavy atom. The third-order valence-electron chi connectivity index (χ3n) is 7.92. The van der Waals surface area contributed by atoms with Crippen LogP contribution in [-0.2, 0) is 30.9 Å². The van der Waals surface area contributed by atoms with Crippen molar-refractivity contribution in [3.8, 4) is 16.3 Å². The molecule has 3 heterocycles. The Hall–Kier alpha value is -1.87. The summed E-state index contributed by atoms with van der Waals surface area (Å²) in [5, 5.41) is 7.01. The Kier molecular flexibility index (Phi) is 10.9. The number of rotatable bonds is 14. The Morgan fingerprint density at radius 2 is 1.95 bits per heavy atom. The van der Waals surface area contributed by atoms with E-state index in [0.717, 1.165) is 58.1 Å². The number of nitrogens with zero attached hydrogens (tertiary/aromatic N) is 3. The summed E-state index contributed by atoms with van der Waals surface area (Å²) in [5.41, 5.74) is 1.89. The Bertz CT molecular complexity index is 1430. The molecule has 42 heavy (non-hydrogen) atoms. The first-order chi connectivity index (χ1) is 19.7. The zero-order valence-electron chi connectivity index (χ0n) is 25.6. The third-order valence-corrected chi connectivity index (χ3v) is 14.2. The summed E-state index contributed by atoms with van der Waals surface area (Å²) in [6.45, 7) is 15.3. The van der Waals surface area contributed by atoms with Crippen LogP contribution < -0.4 is 4.43 Å². The summed E-state index contributed by atoms with van der Waals surface area (Å²) in [6, 6.07) is 6.26. The summed E-state index contributed by atoms with van der Waals surface area (Å²) in [6.07, 6.45) is 5.43. The molecule has 1 unspecified atom stereocenters. The molecule has 1 aromatic carbocycles. The minimum absolute atomic E-state index is 0.0873. The maximum atomic E-state index is 11.0. The standard InChI is InChI=1S/C29H45N3O7S2Si/c1-21(20-41(33,34)35)12-14-36-15-16-37-19-26-30-18-25(40-26)28-23-17-22(39-42(5,6)29(2,3)4)10-11-24(23)32(31-28)27-9-7-8-13-38-27/h10-11,17-18,21,27H,7-9,12-16,19-20H2,1-6H3,(H,33,34,35)/t21-,27?/m0/s1. The van der Waals surface area contributed by atoms with Crippen LogP contribution in [0.5, 0.6) is 5.75 Å². The molecular weight excluding hydrogens is 595 g/mol. The van der Waals surface area contributed by atoms with Gasteiger partial charge in [-0.2, -0.15) is 13.5 Å². The van der Waals surface area contributed by atoms with E-state index < -0.39 is 18.4 Å². The molecule has 13 heteroatoms. The van der Waals surface area contributed by atoms with E-state index in [4.69, 9.17) is 28.3 Å². The van der Waals surface area contributed by atoms with Gasteiger partial charge in [0.15, 0.2) is 6.23 Å². The maximum Gasteiger partial charge on any atom is 0.265 e. The fourth-order valence-corrected chi connectivity index (χ4v) is 7.31. The highest BCUT2D eigenvalue weighted by atomic mass is 32.2. The lowest BCUT2D eigenvalue weighted by molar-refractivity contribution is -0.0365. The molecule has 3 aromatic rings. The number of hydrogen-bond donors (Lipinski definition) is 1. The minimum atomic E-state index is -3.96. The summed E-state index contributed by atoms with van der Waals surface area (Å²) < 4.78 is 56.9. The highest BCUT2D eigenvalue weighted by Gasteiger charge is 2.39. The minimum Gasteiger partial charge on any atom is -0.543 e. The molecule has 2 aromatic heterocycles. The van der Waals surface area contributed by atoms with Crippen LogP contribution >= 0.6 is 11.3 Å². The summed E-state index contributed by atoms with van der Waals surface area (Å²) in [7, 11) is -5.97. The van der Waals surface area contributed by atoms with Crippen molar-refractivity contribution in [2.75, 3.05) is 32.2 Å². The highest BCUT2D eigenvalue weighted by Crippen LogP contribution is 2.40. The SMILES string of the molecule is C[C@@H](CCOCCOCc1ncc(-c2nn(C3CCCCO3)c3ccc(O[Si](C)(C)C(C)(C)C)cc23)s1)CS(=O)(=O)O. The van der Waals surface area contributed by atoms with Gasteiger partial charge in [0, 0.05) is 24.8 Å². The van der Waals surface area contributed by atoms with E-state index in [1.165, 1.54) is 0 Å². The van der Waals surface area contributed by atoms with Crippen molar-refractivity contribution in [1.82, 2.24) is 14.8 Å². The van der Waals surface area contributed by atoms with Crippen LogP contribution in [0.3, 0.4) is 0 Å². The van der Waals surface area contributed by atoms with Crippen molar-refractivity contribution < 1.29 is 31.6 Å². The van der Waals surface area contributed by atoms with Gasteiger partial charge in [-0.15, -0.1) is 11.3 Å². The molecule has 0 amide bonds. The van der Waals surface area contributed by atoms with E-state index in [1.807, 2.05) is 10.9 Å². The summed E-state index contributed by atoms with van der Waals surface area (Å²) >= 11 is 1.56. The lowest BCUT2D eigenvalue weighted by atomic mass is 10.1. The van der Waals surface area contributed by atoms with Gasteiger partial charge in [-0.1, -0.05) is 27.7 Å². The van der Waals surface area contributed by atoms with E-state index in [2.05, 4.69) is 57.0 Å². The molecule has 0 saturated carbocycles. The first-order valence-corrected chi connectivity index (χ1v) is 20.0. The second kappa shape index (κ2) is 13.8. The monoisotopic (exact) mass is 639 g/mol. The molecule has 10 nitrogen and oxygen atoms in total. The Morgan fingerprint density at radius 1 is 1.19 bits per heavy atom. The van der Waals surface area contributed by atoms with Crippen LogP contribution in [0.2, 0.25) is 18.1 Å². The first kappa shape index (κ1) is 33.0. The third kappa shape index (κ3) is 8.83. The van der Waals surface area contributed by atoms with Crippen LogP contribution in [0.15, 0.2) is 24.4 Å². The maximum absolute atomic E-state index is 11.0. The molecular formula is C29H45N3O7S2Si.